The van der Waals surface area contributed by atoms with Gasteiger partial charge in [0.1, 0.15) is 0 Å². The van der Waals surface area contributed by atoms with Gasteiger partial charge in [0.05, 0.1) is 28.8 Å². The maximum absolute atomic E-state index is 13.4. The predicted octanol–water partition coefficient (Wildman–Crippen LogP) is 5.45. The van der Waals surface area contributed by atoms with Crippen LogP contribution in [0.1, 0.15) is 37.3 Å². The van der Waals surface area contributed by atoms with Crippen LogP contribution in [0.3, 0.4) is 0 Å². The van der Waals surface area contributed by atoms with Gasteiger partial charge in [-0.25, -0.2) is 23.7 Å². The molecule has 0 unspecified atom stereocenters. The van der Waals surface area contributed by atoms with Crippen molar-refractivity contribution in [2.75, 3.05) is 6.61 Å². The lowest BCUT2D eigenvalue weighted by molar-refractivity contribution is -0.212. The van der Waals surface area contributed by atoms with Gasteiger partial charge in [0.2, 0.25) is 0 Å². The Morgan fingerprint density at radius 1 is 0.682 bits per heavy atom. The van der Waals surface area contributed by atoms with Crippen molar-refractivity contribution in [3.8, 4) is 0 Å². The zero-order chi connectivity index (χ0) is 30.6. The molecule has 5 aromatic rings. The molecule has 6 rings (SSSR count). The topological polar surface area (TPSA) is 123 Å². The summed E-state index contributed by atoms with van der Waals surface area (Å²) in [5.74, 6) is -3.12. The minimum Gasteiger partial charge on any atom is -0.452 e. The van der Waals surface area contributed by atoms with Gasteiger partial charge in [-0.05, 0) is 54.6 Å². The van der Waals surface area contributed by atoms with E-state index in [1.807, 2.05) is 0 Å². The largest absolute Gasteiger partial charge is 0.452 e. The van der Waals surface area contributed by atoms with E-state index in [4.69, 9.17) is 35.0 Å². The fourth-order valence-corrected chi connectivity index (χ4v) is 5.07. The number of rotatable bonds is 7. The molecule has 0 radical (unpaired) electrons. The third-order valence-corrected chi connectivity index (χ3v) is 7.24. The number of esters is 3. The Balaban J connectivity index is 1.44. The summed E-state index contributed by atoms with van der Waals surface area (Å²) < 4.78 is 30.3. The number of fused-ring (bicyclic) bond motifs is 1. The minimum atomic E-state index is -1.49. The number of hydrogen-bond donors (Lipinski definition) is 0. The summed E-state index contributed by atoms with van der Waals surface area (Å²) in [6.45, 7) is -0.324. The molecule has 11 heteroatoms. The molecular weight excluding hydrogens is 590 g/mol. The van der Waals surface area contributed by atoms with Gasteiger partial charge < -0.3 is 23.4 Å². The zero-order valence-corrected chi connectivity index (χ0v) is 23.7. The third kappa shape index (κ3) is 5.98. The summed E-state index contributed by atoms with van der Waals surface area (Å²) in [5, 5.41) is 0.308. The predicted molar refractivity (Wildman–Crippen MR) is 157 cm³/mol. The van der Waals surface area contributed by atoms with Gasteiger partial charge in [-0.3, -0.25) is 0 Å². The van der Waals surface area contributed by atoms with Crippen molar-refractivity contribution >= 4 is 40.6 Å². The fraction of sp³-hybridized carbons (Fsp3) is 0.152. The lowest BCUT2D eigenvalue weighted by Gasteiger charge is -2.40. The van der Waals surface area contributed by atoms with Crippen LogP contribution in [-0.2, 0) is 18.9 Å². The Bertz CT molecular complexity index is 1850. The Hall–Kier alpha value is -5.19. The van der Waals surface area contributed by atoms with Crippen LogP contribution in [-0.4, -0.2) is 47.4 Å². The van der Waals surface area contributed by atoms with Gasteiger partial charge >= 0.3 is 23.7 Å². The van der Waals surface area contributed by atoms with E-state index in [2.05, 4.69) is 0 Å². The Morgan fingerprint density at radius 2 is 1.18 bits per heavy atom. The van der Waals surface area contributed by atoms with E-state index in [-0.39, 0.29) is 34.4 Å². The molecule has 1 aliphatic heterocycles. The first-order valence-electron chi connectivity index (χ1n) is 13.6. The molecule has 0 N–H and O–H groups in total. The van der Waals surface area contributed by atoms with Crippen molar-refractivity contribution in [2.45, 2.75) is 24.5 Å². The Morgan fingerprint density at radius 3 is 1.73 bits per heavy atom. The van der Waals surface area contributed by atoms with Gasteiger partial charge in [-0.15, -0.1) is 0 Å². The second kappa shape index (κ2) is 12.6. The molecule has 0 saturated carbocycles. The number of carbonyl (C=O) groups is 3. The molecular formula is C33H24ClNO9. The molecule has 222 valence electrons. The molecule has 44 heavy (non-hydrogen) atoms. The molecule has 0 aliphatic carbocycles. The standard InChI is InChI=1S/C33H24ClNO9/c34-23-16-17-25-24(18-23)35(33(39)42-25)29-28(44-32(38)22-14-8-3-9-15-22)27(43-31(37)21-12-6-2-7-13-21)26(19-40-29)41-30(36)20-10-4-1-5-11-20/h1-18,26-29H,19H2/t26-,27+,28+,29-/m0/s1. The van der Waals surface area contributed by atoms with Crippen LogP contribution in [0.2, 0.25) is 5.02 Å². The lowest BCUT2D eigenvalue weighted by atomic mass is 10.0. The molecule has 0 bridgehead atoms. The number of ether oxygens (including phenoxy) is 4. The van der Waals surface area contributed by atoms with Crippen LogP contribution in [0.4, 0.5) is 0 Å². The normalized spacial score (nSPS) is 19.7. The Labute approximate surface area is 255 Å². The lowest BCUT2D eigenvalue weighted by Crippen LogP contribution is -2.56. The molecule has 0 spiro atoms. The molecule has 4 aromatic carbocycles. The minimum absolute atomic E-state index is 0.190. The average Bonchev–Trinajstić information content (AvgIpc) is 3.38. The second-order valence-electron chi connectivity index (χ2n) is 9.86. The number of halogens is 1. The van der Waals surface area contributed by atoms with Crippen molar-refractivity contribution in [1.29, 1.82) is 0 Å². The van der Waals surface area contributed by atoms with E-state index in [9.17, 15) is 19.2 Å². The first-order chi connectivity index (χ1) is 21.4. The number of hydrogen-bond acceptors (Lipinski definition) is 9. The quantitative estimate of drug-likeness (QED) is 0.174. The average molecular weight is 614 g/mol. The van der Waals surface area contributed by atoms with E-state index >= 15 is 0 Å². The molecule has 1 saturated heterocycles. The number of benzene rings is 4. The highest BCUT2D eigenvalue weighted by Crippen LogP contribution is 2.34. The van der Waals surface area contributed by atoms with E-state index in [1.165, 1.54) is 24.3 Å². The van der Waals surface area contributed by atoms with Crippen LogP contribution in [0.15, 0.2) is 118 Å². The number of aromatic nitrogens is 1. The first kappa shape index (κ1) is 28.9. The number of nitrogens with zero attached hydrogens (tertiary/aromatic N) is 1. The van der Waals surface area contributed by atoms with Gasteiger partial charge in [0, 0.05) is 5.02 Å². The van der Waals surface area contributed by atoms with Crippen LogP contribution in [0, 0.1) is 0 Å². The number of oxazole rings is 1. The van der Waals surface area contributed by atoms with Crippen molar-refractivity contribution < 1.29 is 37.7 Å². The van der Waals surface area contributed by atoms with Crippen LogP contribution in [0.5, 0.6) is 0 Å². The highest BCUT2D eigenvalue weighted by Gasteiger charge is 2.49. The van der Waals surface area contributed by atoms with Gasteiger partial charge in [-0.2, -0.15) is 0 Å². The van der Waals surface area contributed by atoms with E-state index in [0.717, 1.165) is 4.57 Å². The fourth-order valence-electron chi connectivity index (χ4n) is 4.91. The molecule has 2 heterocycles. The van der Waals surface area contributed by atoms with Crippen molar-refractivity contribution in [1.82, 2.24) is 4.57 Å². The van der Waals surface area contributed by atoms with Gasteiger partial charge in [-0.1, -0.05) is 66.2 Å². The third-order valence-electron chi connectivity index (χ3n) is 7.00. The van der Waals surface area contributed by atoms with Crippen molar-refractivity contribution in [3.63, 3.8) is 0 Å². The molecule has 0 amide bonds. The van der Waals surface area contributed by atoms with Crippen LogP contribution < -0.4 is 5.76 Å². The zero-order valence-electron chi connectivity index (χ0n) is 22.9. The van der Waals surface area contributed by atoms with E-state index in [1.54, 1.807) is 84.9 Å². The molecule has 1 aliphatic rings. The van der Waals surface area contributed by atoms with Crippen molar-refractivity contribution in [2.24, 2.45) is 0 Å². The maximum Gasteiger partial charge on any atom is 0.422 e. The Kier molecular flexibility index (Phi) is 8.27. The smallest absolute Gasteiger partial charge is 0.422 e. The second-order valence-corrected chi connectivity index (χ2v) is 10.3. The van der Waals surface area contributed by atoms with Crippen LogP contribution in [0.25, 0.3) is 11.1 Å². The molecule has 10 nitrogen and oxygen atoms in total. The molecule has 4 atom stereocenters. The van der Waals surface area contributed by atoms with Gasteiger partial charge in [0.15, 0.2) is 30.1 Å². The summed E-state index contributed by atoms with van der Waals surface area (Å²) in [6.07, 6.45) is -5.51. The van der Waals surface area contributed by atoms with E-state index < -0.39 is 48.2 Å². The first-order valence-corrected chi connectivity index (χ1v) is 14.0. The summed E-state index contributed by atoms with van der Waals surface area (Å²) in [4.78, 5) is 53.1. The summed E-state index contributed by atoms with van der Waals surface area (Å²) in [5.41, 5.74) is 1.09. The highest BCUT2D eigenvalue weighted by molar-refractivity contribution is 6.31. The van der Waals surface area contributed by atoms with Gasteiger partial charge in [0.25, 0.3) is 0 Å². The van der Waals surface area contributed by atoms with E-state index in [0.29, 0.717) is 5.02 Å². The van der Waals surface area contributed by atoms with Crippen LogP contribution >= 0.6 is 11.6 Å². The SMILES string of the molecule is O=C(O[C@@H]1[C@H](OC(=O)c2ccccc2)[C@@H](OC(=O)c2ccccc2)CO[C@@H]1n1c(=O)oc2ccc(Cl)cc21)c1ccccc1. The molecule has 1 aromatic heterocycles. The summed E-state index contributed by atoms with van der Waals surface area (Å²) in [7, 11) is 0. The summed E-state index contributed by atoms with van der Waals surface area (Å²) in [6, 6.07) is 29.0. The summed E-state index contributed by atoms with van der Waals surface area (Å²) >= 11 is 6.23. The maximum atomic E-state index is 13.4. The monoisotopic (exact) mass is 613 g/mol. The highest BCUT2D eigenvalue weighted by atomic mass is 35.5. The molecule has 1 fully saturated rings. The number of carbonyl (C=O) groups excluding carboxylic acids is 3. The van der Waals surface area contributed by atoms with Crippen molar-refractivity contribution in [3.05, 3.63) is 141 Å².